The fraction of sp³-hybridized carbons (Fsp3) is 0.240. The van der Waals surface area contributed by atoms with Gasteiger partial charge < -0.3 is 14.6 Å². The Morgan fingerprint density at radius 1 is 1.09 bits per heavy atom. The molecule has 7 heteroatoms. The number of anilines is 1. The van der Waals surface area contributed by atoms with Gasteiger partial charge >= 0.3 is 0 Å². The number of carbonyl (C=O) groups excluding carboxylic acids is 1. The van der Waals surface area contributed by atoms with Crippen LogP contribution in [0.25, 0.3) is 11.5 Å². The van der Waals surface area contributed by atoms with E-state index in [0.717, 1.165) is 38.6 Å². The lowest BCUT2D eigenvalue weighted by molar-refractivity contribution is -0.116. The molecule has 2 aromatic heterocycles. The van der Waals surface area contributed by atoms with Crippen LogP contribution in [-0.2, 0) is 22.6 Å². The number of aromatic nitrogens is 2. The van der Waals surface area contributed by atoms with Crippen molar-refractivity contribution in [2.45, 2.75) is 32.3 Å². The molecule has 0 spiro atoms. The van der Waals surface area contributed by atoms with E-state index in [2.05, 4.69) is 39.7 Å². The summed E-state index contributed by atoms with van der Waals surface area (Å²) in [6.07, 6.45) is 1.09. The van der Waals surface area contributed by atoms with E-state index in [0.29, 0.717) is 31.3 Å². The number of aryl methyl sites for hydroxylation is 1. The van der Waals surface area contributed by atoms with E-state index in [1.54, 1.807) is 6.92 Å². The smallest absolute Gasteiger partial charge is 0.261 e. The summed E-state index contributed by atoms with van der Waals surface area (Å²) in [5, 5.41) is 7.83. The number of benzene rings is 2. The molecule has 162 valence electrons. The van der Waals surface area contributed by atoms with Gasteiger partial charge in [-0.15, -0.1) is 11.3 Å². The van der Waals surface area contributed by atoms with Gasteiger partial charge in [-0.05, 0) is 30.0 Å². The zero-order valence-electron chi connectivity index (χ0n) is 17.7. The zero-order chi connectivity index (χ0) is 21.9. The minimum absolute atomic E-state index is 0.0376. The maximum absolute atomic E-state index is 13.3. The molecule has 2 aromatic carbocycles. The summed E-state index contributed by atoms with van der Waals surface area (Å²) in [4.78, 5) is 18.8. The number of ether oxygens (including phenoxy) is 1. The molecule has 0 radical (unpaired) electrons. The van der Waals surface area contributed by atoms with E-state index in [9.17, 15) is 4.79 Å². The minimum atomic E-state index is -0.0558. The van der Waals surface area contributed by atoms with Gasteiger partial charge in [0, 0.05) is 17.2 Å². The highest BCUT2D eigenvalue weighted by Crippen LogP contribution is 2.43. The molecule has 3 heterocycles. The largest absolute Gasteiger partial charge is 0.376 e. The van der Waals surface area contributed by atoms with Crippen LogP contribution in [0.2, 0.25) is 0 Å². The van der Waals surface area contributed by atoms with Crippen LogP contribution in [0.4, 0.5) is 5.00 Å². The van der Waals surface area contributed by atoms with Crippen LogP contribution in [0.5, 0.6) is 0 Å². The number of hydrogen-bond donors (Lipinski definition) is 1. The van der Waals surface area contributed by atoms with Gasteiger partial charge in [-0.3, -0.25) is 4.79 Å². The molecular formula is C25H23N3O3S. The summed E-state index contributed by atoms with van der Waals surface area (Å²) in [5.41, 5.74) is 4.18. The van der Waals surface area contributed by atoms with Gasteiger partial charge in [-0.25, -0.2) is 0 Å². The summed E-state index contributed by atoms with van der Waals surface area (Å²) < 4.78 is 11.1. The molecule has 1 aliphatic rings. The Balaban J connectivity index is 1.45. The Labute approximate surface area is 190 Å². The van der Waals surface area contributed by atoms with Gasteiger partial charge in [0.05, 0.1) is 18.8 Å². The van der Waals surface area contributed by atoms with Crippen molar-refractivity contribution < 1.29 is 14.1 Å². The van der Waals surface area contributed by atoms with Crippen molar-refractivity contribution in [3.63, 3.8) is 0 Å². The Hall–Kier alpha value is -3.29. The first-order chi connectivity index (χ1) is 15.7. The molecule has 32 heavy (non-hydrogen) atoms. The second kappa shape index (κ2) is 9.06. The number of fused-ring (bicyclic) bond motifs is 1. The van der Waals surface area contributed by atoms with Gasteiger partial charge in [-0.2, -0.15) is 4.98 Å². The quantitative estimate of drug-likeness (QED) is 0.433. The summed E-state index contributed by atoms with van der Waals surface area (Å²) >= 11 is 1.53. The Kier molecular flexibility index (Phi) is 5.83. The van der Waals surface area contributed by atoms with E-state index in [1.165, 1.54) is 11.3 Å². The average Bonchev–Trinajstić information content (AvgIpc) is 3.41. The number of hydrogen-bond acceptors (Lipinski definition) is 6. The van der Waals surface area contributed by atoms with E-state index >= 15 is 0 Å². The number of rotatable bonds is 6. The van der Waals surface area contributed by atoms with Crippen molar-refractivity contribution in [3.05, 3.63) is 88.1 Å². The highest BCUT2D eigenvalue weighted by molar-refractivity contribution is 7.17. The third-order valence-corrected chi connectivity index (χ3v) is 6.73. The second-order valence-corrected chi connectivity index (χ2v) is 8.89. The summed E-state index contributed by atoms with van der Waals surface area (Å²) in [6.45, 7) is 2.96. The highest BCUT2D eigenvalue weighted by atomic mass is 32.1. The first-order valence-electron chi connectivity index (χ1n) is 10.6. The van der Waals surface area contributed by atoms with E-state index < -0.39 is 0 Å². The standard InChI is InChI=1S/C25H23N3O3S/c1-16-26-24(31-28-16)23-19-12-13-30-15-21(19)32-25(23)27-22(29)14-20(17-8-4-2-5-9-17)18-10-6-3-7-11-18/h2-11,20H,12-15H2,1H3,(H,27,29). The molecule has 0 atom stereocenters. The second-order valence-electron chi connectivity index (χ2n) is 7.78. The first kappa shape index (κ1) is 20.6. The number of amides is 1. The Bertz CT molecular complexity index is 1180. The third kappa shape index (κ3) is 4.22. The Morgan fingerprint density at radius 2 is 1.78 bits per heavy atom. The van der Waals surface area contributed by atoms with Crippen LogP contribution in [0, 0.1) is 6.92 Å². The van der Waals surface area contributed by atoms with Crippen molar-refractivity contribution in [3.8, 4) is 11.5 Å². The van der Waals surface area contributed by atoms with Gasteiger partial charge in [-0.1, -0.05) is 65.8 Å². The summed E-state index contributed by atoms with van der Waals surface area (Å²) in [6, 6.07) is 20.3. The Morgan fingerprint density at radius 3 is 2.41 bits per heavy atom. The van der Waals surface area contributed by atoms with Crippen molar-refractivity contribution in [1.82, 2.24) is 10.1 Å². The predicted octanol–water partition coefficient (Wildman–Crippen LogP) is 5.34. The molecule has 1 N–H and O–H groups in total. The molecule has 0 saturated carbocycles. The lowest BCUT2D eigenvalue weighted by Crippen LogP contribution is -2.16. The minimum Gasteiger partial charge on any atom is -0.376 e. The van der Waals surface area contributed by atoms with Crippen LogP contribution in [0.15, 0.2) is 65.2 Å². The van der Waals surface area contributed by atoms with Crippen LogP contribution >= 0.6 is 11.3 Å². The maximum atomic E-state index is 13.3. The zero-order valence-corrected chi connectivity index (χ0v) is 18.5. The third-order valence-electron chi connectivity index (χ3n) is 5.61. The van der Waals surface area contributed by atoms with Crippen LogP contribution in [0.1, 0.15) is 39.7 Å². The van der Waals surface area contributed by atoms with Crippen molar-refractivity contribution in [2.75, 3.05) is 11.9 Å². The molecule has 0 bridgehead atoms. The van der Waals surface area contributed by atoms with Gasteiger partial charge in [0.1, 0.15) is 5.00 Å². The van der Waals surface area contributed by atoms with Gasteiger partial charge in [0.2, 0.25) is 5.91 Å². The SMILES string of the molecule is Cc1noc(-c2c(NC(=O)CC(c3ccccc3)c3ccccc3)sc3c2CCOC3)n1. The molecule has 0 unspecified atom stereocenters. The highest BCUT2D eigenvalue weighted by Gasteiger charge is 2.27. The van der Waals surface area contributed by atoms with Crippen LogP contribution < -0.4 is 5.32 Å². The van der Waals surface area contributed by atoms with Gasteiger partial charge in [0.15, 0.2) is 5.82 Å². The lowest BCUT2D eigenvalue weighted by Gasteiger charge is -2.18. The topological polar surface area (TPSA) is 77.2 Å². The molecular weight excluding hydrogens is 422 g/mol. The molecule has 5 rings (SSSR count). The molecule has 0 aliphatic carbocycles. The molecule has 1 aliphatic heterocycles. The number of nitrogens with one attached hydrogen (secondary N) is 1. The fourth-order valence-electron chi connectivity index (χ4n) is 4.11. The van der Waals surface area contributed by atoms with Crippen molar-refractivity contribution in [1.29, 1.82) is 0 Å². The fourth-order valence-corrected chi connectivity index (χ4v) is 5.30. The predicted molar refractivity (Wildman–Crippen MR) is 124 cm³/mol. The molecule has 0 fully saturated rings. The van der Waals surface area contributed by atoms with Crippen LogP contribution in [0.3, 0.4) is 0 Å². The van der Waals surface area contributed by atoms with E-state index in [4.69, 9.17) is 9.26 Å². The van der Waals surface area contributed by atoms with Gasteiger partial charge in [0.25, 0.3) is 5.89 Å². The summed E-state index contributed by atoms with van der Waals surface area (Å²) in [5.74, 6) is 0.918. The van der Waals surface area contributed by atoms with Crippen LogP contribution in [-0.4, -0.2) is 22.7 Å². The van der Waals surface area contributed by atoms with E-state index in [-0.39, 0.29) is 11.8 Å². The first-order valence-corrected chi connectivity index (χ1v) is 11.4. The lowest BCUT2D eigenvalue weighted by atomic mass is 9.88. The van der Waals surface area contributed by atoms with Crippen molar-refractivity contribution >= 4 is 22.2 Å². The normalized spacial score (nSPS) is 13.2. The van der Waals surface area contributed by atoms with E-state index in [1.807, 2.05) is 36.4 Å². The number of carbonyl (C=O) groups is 1. The van der Waals surface area contributed by atoms with Crippen molar-refractivity contribution in [2.24, 2.45) is 0 Å². The maximum Gasteiger partial charge on any atom is 0.261 e. The molecule has 6 nitrogen and oxygen atoms in total. The monoisotopic (exact) mass is 445 g/mol. The molecule has 1 amide bonds. The number of thiophene rings is 1. The molecule has 4 aromatic rings. The molecule has 0 saturated heterocycles. The average molecular weight is 446 g/mol. The number of nitrogens with zero attached hydrogens (tertiary/aromatic N) is 2. The summed E-state index contributed by atoms with van der Waals surface area (Å²) in [7, 11) is 0.